The van der Waals surface area contributed by atoms with E-state index in [1.165, 1.54) is 0 Å². The number of nitrogens with one attached hydrogen (secondary N) is 3. The molecule has 166 valence electrons. The molecule has 0 aliphatic carbocycles. The van der Waals surface area contributed by atoms with Crippen molar-refractivity contribution >= 4 is 28.5 Å². The molecule has 0 radical (unpaired) electrons. The summed E-state index contributed by atoms with van der Waals surface area (Å²) in [6.07, 6.45) is 1.98. The first-order chi connectivity index (χ1) is 15.3. The van der Waals surface area contributed by atoms with Gasteiger partial charge in [0.2, 0.25) is 0 Å². The molecular weight excluding hydrogens is 406 g/mol. The van der Waals surface area contributed by atoms with Crippen molar-refractivity contribution in [2.24, 2.45) is 7.05 Å². The molecular formula is C23H27N7O2. The molecule has 3 aromatic rings. The van der Waals surface area contributed by atoms with Crippen LogP contribution in [0.5, 0.6) is 0 Å². The number of carbonyl (C=O) groups is 2. The van der Waals surface area contributed by atoms with E-state index >= 15 is 0 Å². The standard InChI is InChI=1S/C23H27N7O2/c1-14(2)26-23(32)20-7-5-6-19(28-20)22(31)24-11-16-12-25-30(13-16)17-8-9-18-21(10-17)29(4)15(3)27-18/h5-10,13-14,25H,11-12H2,1-4H3,(H,24,31)(H,26,32). The van der Waals surface area contributed by atoms with Crippen molar-refractivity contribution < 1.29 is 9.59 Å². The zero-order valence-electron chi connectivity index (χ0n) is 18.6. The molecule has 0 spiro atoms. The molecule has 4 rings (SSSR count). The van der Waals surface area contributed by atoms with E-state index in [1.54, 1.807) is 18.2 Å². The molecule has 2 aromatic heterocycles. The van der Waals surface area contributed by atoms with E-state index in [0.717, 1.165) is 28.1 Å². The topological polar surface area (TPSA) is 104 Å². The summed E-state index contributed by atoms with van der Waals surface area (Å²) >= 11 is 0. The number of aryl methyl sites for hydroxylation is 2. The third kappa shape index (κ3) is 4.47. The number of anilines is 1. The molecule has 0 bridgehead atoms. The second-order valence-electron chi connectivity index (χ2n) is 8.10. The maximum atomic E-state index is 12.6. The summed E-state index contributed by atoms with van der Waals surface area (Å²) < 4.78 is 2.06. The molecule has 0 fully saturated rings. The van der Waals surface area contributed by atoms with Crippen LogP contribution in [0.15, 0.2) is 48.2 Å². The molecule has 0 saturated carbocycles. The maximum absolute atomic E-state index is 12.6. The van der Waals surface area contributed by atoms with E-state index in [4.69, 9.17) is 0 Å². The molecule has 0 atom stereocenters. The van der Waals surface area contributed by atoms with E-state index < -0.39 is 0 Å². The Labute approximate surface area is 186 Å². The fraction of sp³-hybridized carbons (Fsp3) is 0.304. The Kier molecular flexibility index (Phi) is 5.91. The molecule has 1 aliphatic heterocycles. The summed E-state index contributed by atoms with van der Waals surface area (Å²) in [5.74, 6) is 0.341. The van der Waals surface area contributed by atoms with Gasteiger partial charge in [0, 0.05) is 32.4 Å². The Morgan fingerprint density at radius 1 is 1.12 bits per heavy atom. The highest BCUT2D eigenvalue weighted by Gasteiger charge is 2.17. The van der Waals surface area contributed by atoms with Crippen LogP contribution in [0.1, 0.15) is 40.6 Å². The van der Waals surface area contributed by atoms with Gasteiger partial charge in [0.05, 0.1) is 16.7 Å². The van der Waals surface area contributed by atoms with Gasteiger partial charge in [-0.1, -0.05) is 6.07 Å². The number of benzene rings is 1. The van der Waals surface area contributed by atoms with Crippen molar-refractivity contribution in [2.75, 3.05) is 18.1 Å². The van der Waals surface area contributed by atoms with Gasteiger partial charge >= 0.3 is 0 Å². The Balaban J connectivity index is 1.40. The van der Waals surface area contributed by atoms with Gasteiger partial charge in [-0.2, -0.15) is 0 Å². The molecule has 0 unspecified atom stereocenters. The fourth-order valence-corrected chi connectivity index (χ4v) is 3.49. The average molecular weight is 434 g/mol. The summed E-state index contributed by atoms with van der Waals surface area (Å²) in [4.78, 5) is 33.4. The van der Waals surface area contributed by atoms with Gasteiger partial charge in [-0.15, -0.1) is 0 Å². The van der Waals surface area contributed by atoms with Gasteiger partial charge in [-0.05, 0) is 56.7 Å². The Morgan fingerprint density at radius 2 is 1.88 bits per heavy atom. The number of fused-ring (bicyclic) bond motifs is 1. The van der Waals surface area contributed by atoms with Crippen LogP contribution in [-0.4, -0.2) is 45.5 Å². The van der Waals surface area contributed by atoms with Crippen LogP contribution in [-0.2, 0) is 7.05 Å². The van der Waals surface area contributed by atoms with Crippen molar-refractivity contribution in [1.29, 1.82) is 0 Å². The molecule has 0 saturated heterocycles. The van der Waals surface area contributed by atoms with E-state index in [0.29, 0.717) is 13.1 Å². The predicted molar refractivity (Wildman–Crippen MR) is 123 cm³/mol. The van der Waals surface area contributed by atoms with Crippen molar-refractivity contribution in [3.8, 4) is 0 Å². The smallest absolute Gasteiger partial charge is 0.270 e. The quantitative estimate of drug-likeness (QED) is 0.550. The summed E-state index contributed by atoms with van der Waals surface area (Å²) in [5.41, 5.74) is 7.78. The first-order valence-electron chi connectivity index (χ1n) is 10.5. The lowest BCUT2D eigenvalue weighted by Gasteiger charge is -2.15. The first-order valence-corrected chi connectivity index (χ1v) is 10.5. The summed E-state index contributed by atoms with van der Waals surface area (Å²) in [5, 5.41) is 7.60. The van der Waals surface area contributed by atoms with Crippen LogP contribution in [0.2, 0.25) is 0 Å². The minimum absolute atomic E-state index is 0.00541. The monoisotopic (exact) mass is 433 g/mol. The van der Waals surface area contributed by atoms with Crippen molar-refractivity contribution in [3.63, 3.8) is 0 Å². The predicted octanol–water partition coefficient (Wildman–Crippen LogP) is 2.05. The summed E-state index contributed by atoms with van der Waals surface area (Å²) in [6.45, 7) is 6.72. The van der Waals surface area contributed by atoms with Crippen LogP contribution in [0.4, 0.5) is 5.69 Å². The fourth-order valence-electron chi connectivity index (χ4n) is 3.49. The van der Waals surface area contributed by atoms with Crippen LogP contribution in [0.25, 0.3) is 11.0 Å². The Bertz CT molecular complexity index is 1210. The number of imidazole rings is 1. The molecule has 1 aromatic carbocycles. The van der Waals surface area contributed by atoms with Gasteiger partial charge in [0.15, 0.2) is 0 Å². The normalized spacial score (nSPS) is 13.5. The molecule has 9 nitrogen and oxygen atoms in total. The zero-order valence-corrected chi connectivity index (χ0v) is 18.6. The molecule has 1 aliphatic rings. The zero-order chi connectivity index (χ0) is 22.8. The largest absolute Gasteiger partial charge is 0.349 e. The molecule has 2 amide bonds. The highest BCUT2D eigenvalue weighted by molar-refractivity contribution is 5.96. The van der Waals surface area contributed by atoms with Gasteiger partial charge in [0.25, 0.3) is 11.8 Å². The summed E-state index contributed by atoms with van der Waals surface area (Å²) in [6, 6.07) is 10.9. The average Bonchev–Trinajstić information content (AvgIpc) is 3.36. The summed E-state index contributed by atoms with van der Waals surface area (Å²) in [7, 11) is 2.00. The van der Waals surface area contributed by atoms with Gasteiger partial charge < -0.3 is 15.2 Å². The highest BCUT2D eigenvalue weighted by atomic mass is 16.2. The lowest BCUT2D eigenvalue weighted by atomic mass is 10.2. The molecule has 9 heteroatoms. The lowest BCUT2D eigenvalue weighted by molar-refractivity contribution is 0.0937. The maximum Gasteiger partial charge on any atom is 0.270 e. The third-order valence-corrected chi connectivity index (χ3v) is 5.26. The number of rotatable bonds is 6. The van der Waals surface area contributed by atoms with E-state index in [1.807, 2.05) is 51.2 Å². The van der Waals surface area contributed by atoms with E-state index in [-0.39, 0.29) is 29.2 Å². The number of hydrogen-bond donors (Lipinski definition) is 3. The number of pyridine rings is 1. The number of amides is 2. The van der Waals surface area contributed by atoms with E-state index in [9.17, 15) is 9.59 Å². The van der Waals surface area contributed by atoms with Crippen molar-refractivity contribution in [2.45, 2.75) is 26.8 Å². The number of hydrogen-bond acceptors (Lipinski definition) is 6. The van der Waals surface area contributed by atoms with Crippen LogP contribution >= 0.6 is 0 Å². The van der Waals surface area contributed by atoms with Crippen molar-refractivity contribution in [1.82, 2.24) is 30.6 Å². The Morgan fingerprint density at radius 3 is 2.62 bits per heavy atom. The number of nitrogens with zero attached hydrogens (tertiary/aromatic N) is 4. The molecule has 3 N–H and O–H groups in total. The SMILES string of the molecule is Cc1nc2ccc(N3C=C(CNC(=O)c4cccc(C(=O)NC(C)C)n4)CN3)cc2n1C. The van der Waals surface area contributed by atoms with Crippen LogP contribution < -0.4 is 21.1 Å². The third-order valence-electron chi connectivity index (χ3n) is 5.26. The second kappa shape index (κ2) is 8.80. The molecule has 3 heterocycles. The van der Waals surface area contributed by atoms with Gasteiger partial charge in [-0.25, -0.2) is 15.4 Å². The second-order valence-corrected chi connectivity index (χ2v) is 8.10. The number of hydrazine groups is 1. The number of aromatic nitrogens is 3. The minimum atomic E-state index is -0.324. The van der Waals surface area contributed by atoms with Crippen molar-refractivity contribution in [3.05, 3.63) is 65.4 Å². The van der Waals surface area contributed by atoms with E-state index in [2.05, 4.69) is 36.7 Å². The van der Waals surface area contributed by atoms with Gasteiger partial charge in [-0.3, -0.25) is 14.6 Å². The number of carbonyl (C=O) groups excluding carboxylic acids is 2. The first kappa shape index (κ1) is 21.5. The minimum Gasteiger partial charge on any atom is -0.349 e. The van der Waals surface area contributed by atoms with Gasteiger partial charge in [0.1, 0.15) is 17.2 Å². The Hall–Kier alpha value is -3.72. The molecule has 32 heavy (non-hydrogen) atoms. The lowest BCUT2D eigenvalue weighted by Crippen LogP contribution is -2.32. The highest BCUT2D eigenvalue weighted by Crippen LogP contribution is 2.23. The van der Waals surface area contributed by atoms with Crippen LogP contribution in [0, 0.1) is 6.92 Å². The van der Waals surface area contributed by atoms with Crippen LogP contribution in [0.3, 0.4) is 0 Å².